The molecule has 1 aliphatic rings. The highest BCUT2D eigenvalue weighted by atomic mass is 32.1. The summed E-state index contributed by atoms with van der Waals surface area (Å²) in [6.07, 6.45) is 1.69. The summed E-state index contributed by atoms with van der Waals surface area (Å²) in [5.41, 5.74) is 3.44. The molecule has 3 aromatic rings. The first kappa shape index (κ1) is 17.0. The molecule has 0 bridgehead atoms. The number of ether oxygens (including phenoxy) is 1. The van der Waals surface area contributed by atoms with Crippen LogP contribution in [0.15, 0.2) is 30.3 Å². The van der Waals surface area contributed by atoms with Crippen molar-refractivity contribution >= 4 is 21.4 Å². The second kappa shape index (κ2) is 6.07. The van der Waals surface area contributed by atoms with Gasteiger partial charge in [0.1, 0.15) is 11.5 Å². The third-order valence-electron chi connectivity index (χ3n) is 5.40. The molecule has 3 heteroatoms. The Hall–Kier alpha value is -2.44. The van der Waals surface area contributed by atoms with Crippen molar-refractivity contribution in [3.8, 4) is 23.3 Å². The number of phenolic OH excluding ortho intramolecular Hbond substituents is 1. The van der Waals surface area contributed by atoms with Crippen LogP contribution >= 0.6 is 11.3 Å². The van der Waals surface area contributed by atoms with Crippen molar-refractivity contribution in [2.45, 2.75) is 46.1 Å². The number of hydrogen-bond acceptors (Lipinski definition) is 3. The highest BCUT2D eigenvalue weighted by molar-refractivity contribution is 7.19. The van der Waals surface area contributed by atoms with Gasteiger partial charge in [-0.2, -0.15) is 0 Å². The average Bonchev–Trinajstić information content (AvgIpc) is 3.06. The Labute approximate surface area is 158 Å². The van der Waals surface area contributed by atoms with E-state index in [-0.39, 0.29) is 0 Å². The van der Waals surface area contributed by atoms with Gasteiger partial charge in [0.2, 0.25) is 0 Å². The Morgan fingerprint density at radius 1 is 1.12 bits per heavy atom. The van der Waals surface area contributed by atoms with Crippen molar-refractivity contribution in [3.05, 3.63) is 57.5 Å². The van der Waals surface area contributed by atoms with Gasteiger partial charge in [0.05, 0.1) is 4.88 Å². The number of aromatic hydroxyl groups is 1. The molecule has 1 aromatic heterocycles. The number of thiophene rings is 1. The van der Waals surface area contributed by atoms with E-state index >= 15 is 0 Å². The van der Waals surface area contributed by atoms with Gasteiger partial charge in [-0.05, 0) is 74.2 Å². The van der Waals surface area contributed by atoms with Crippen LogP contribution in [0.2, 0.25) is 0 Å². The van der Waals surface area contributed by atoms with Crippen molar-refractivity contribution in [2.75, 3.05) is 0 Å². The summed E-state index contributed by atoms with van der Waals surface area (Å²) in [6.45, 7) is 7.98. The largest absolute Gasteiger partial charge is 0.507 e. The predicted molar refractivity (Wildman–Crippen MR) is 108 cm³/mol. The fraction of sp³-hybridized carbons (Fsp3) is 0.304. The molecule has 26 heavy (non-hydrogen) atoms. The molecule has 0 radical (unpaired) electrons. The molecule has 2 heterocycles. The van der Waals surface area contributed by atoms with E-state index in [2.05, 4.69) is 49.1 Å². The lowest BCUT2D eigenvalue weighted by Gasteiger charge is -2.34. The molecule has 0 spiro atoms. The van der Waals surface area contributed by atoms with Crippen LogP contribution in [-0.2, 0) is 6.42 Å². The van der Waals surface area contributed by atoms with Crippen LogP contribution in [-0.4, -0.2) is 10.7 Å². The summed E-state index contributed by atoms with van der Waals surface area (Å²) in [5.74, 6) is 8.00. The Morgan fingerprint density at radius 2 is 1.88 bits per heavy atom. The van der Waals surface area contributed by atoms with E-state index in [1.165, 1.54) is 10.1 Å². The monoisotopic (exact) mass is 362 g/mol. The summed E-state index contributed by atoms with van der Waals surface area (Å²) in [4.78, 5) is 1.07. The van der Waals surface area contributed by atoms with Crippen LogP contribution in [0.4, 0.5) is 0 Å². The first-order valence-corrected chi connectivity index (χ1v) is 9.72. The van der Waals surface area contributed by atoms with Crippen molar-refractivity contribution in [1.82, 2.24) is 0 Å². The van der Waals surface area contributed by atoms with Gasteiger partial charge in [-0.25, -0.2) is 0 Å². The fourth-order valence-electron chi connectivity index (χ4n) is 3.57. The second-order valence-electron chi connectivity index (χ2n) is 7.26. The first-order valence-electron chi connectivity index (χ1n) is 8.90. The van der Waals surface area contributed by atoms with E-state index in [4.69, 9.17) is 4.74 Å². The van der Waals surface area contributed by atoms with Gasteiger partial charge in [0.15, 0.2) is 5.60 Å². The summed E-state index contributed by atoms with van der Waals surface area (Å²) < 4.78 is 7.64. The molecular weight excluding hydrogens is 340 g/mol. The molecule has 0 saturated carbocycles. The van der Waals surface area contributed by atoms with Crippen LogP contribution in [0, 0.1) is 32.6 Å². The summed E-state index contributed by atoms with van der Waals surface area (Å²) >= 11 is 1.72. The van der Waals surface area contributed by atoms with Crippen molar-refractivity contribution in [1.29, 1.82) is 0 Å². The molecule has 132 valence electrons. The topological polar surface area (TPSA) is 29.5 Å². The molecule has 0 saturated heterocycles. The molecule has 0 aliphatic carbocycles. The molecule has 0 fully saturated rings. The van der Waals surface area contributed by atoms with Crippen LogP contribution in [0.5, 0.6) is 11.5 Å². The molecule has 0 amide bonds. The Balaban J connectivity index is 1.70. The Bertz CT molecular complexity index is 1050. The van der Waals surface area contributed by atoms with Gasteiger partial charge in [-0.3, -0.25) is 0 Å². The number of hydrogen-bond donors (Lipinski definition) is 1. The van der Waals surface area contributed by atoms with Crippen LogP contribution in [0.3, 0.4) is 0 Å². The molecule has 2 aromatic carbocycles. The van der Waals surface area contributed by atoms with E-state index in [9.17, 15) is 5.11 Å². The van der Waals surface area contributed by atoms with Gasteiger partial charge in [-0.15, -0.1) is 11.3 Å². The summed E-state index contributed by atoms with van der Waals surface area (Å²) in [7, 11) is 0. The van der Waals surface area contributed by atoms with E-state index in [0.29, 0.717) is 5.75 Å². The molecule has 1 aliphatic heterocycles. The summed E-state index contributed by atoms with van der Waals surface area (Å²) in [6, 6.07) is 10.5. The van der Waals surface area contributed by atoms with Crippen molar-refractivity contribution < 1.29 is 9.84 Å². The zero-order chi connectivity index (χ0) is 18.5. The first-order chi connectivity index (χ1) is 12.4. The molecule has 1 unspecified atom stereocenters. The van der Waals surface area contributed by atoms with Gasteiger partial charge in [0, 0.05) is 16.7 Å². The highest BCUT2D eigenvalue weighted by Crippen LogP contribution is 2.43. The SMILES string of the molecule is Cc1c(C)c2c(c(C)c1O)CCC(C)(C#Cc1cc3ccccc3s1)O2. The van der Waals surface area contributed by atoms with Gasteiger partial charge < -0.3 is 9.84 Å². The zero-order valence-electron chi connectivity index (χ0n) is 15.6. The second-order valence-corrected chi connectivity index (χ2v) is 8.35. The average molecular weight is 362 g/mol. The third-order valence-corrected chi connectivity index (χ3v) is 6.43. The minimum atomic E-state index is -0.510. The Kier molecular flexibility index (Phi) is 3.97. The number of fused-ring (bicyclic) bond motifs is 2. The predicted octanol–water partition coefficient (Wildman–Crippen LogP) is 5.67. The maximum absolute atomic E-state index is 10.3. The van der Waals surface area contributed by atoms with Crippen LogP contribution < -0.4 is 4.74 Å². The lowest BCUT2D eigenvalue weighted by molar-refractivity contribution is 0.122. The van der Waals surface area contributed by atoms with E-state index in [1.807, 2.05) is 20.8 Å². The Morgan fingerprint density at radius 3 is 2.65 bits per heavy atom. The van der Waals surface area contributed by atoms with E-state index < -0.39 is 5.60 Å². The lowest BCUT2D eigenvalue weighted by atomic mass is 9.87. The number of phenols is 1. The van der Waals surface area contributed by atoms with E-state index in [0.717, 1.165) is 45.7 Å². The fourth-order valence-corrected chi connectivity index (χ4v) is 4.49. The molecule has 1 atom stereocenters. The lowest BCUT2D eigenvalue weighted by Crippen LogP contribution is -2.35. The maximum Gasteiger partial charge on any atom is 0.167 e. The van der Waals surface area contributed by atoms with Gasteiger partial charge in [0.25, 0.3) is 0 Å². The third kappa shape index (κ3) is 2.75. The smallest absolute Gasteiger partial charge is 0.167 e. The van der Waals surface area contributed by atoms with Crippen LogP contribution in [0.1, 0.15) is 40.5 Å². The van der Waals surface area contributed by atoms with Gasteiger partial charge >= 0.3 is 0 Å². The van der Waals surface area contributed by atoms with Crippen molar-refractivity contribution in [2.24, 2.45) is 0 Å². The molecule has 1 N–H and O–H groups in total. The normalized spacial score (nSPS) is 18.8. The van der Waals surface area contributed by atoms with Gasteiger partial charge in [-0.1, -0.05) is 24.1 Å². The molecule has 2 nitrogen and oxygen atoms in total. The zero-order valence-corrected chi connectivity index (χ0v) is 16.4. The maximum atomic E-state index is 10.3. The number of benzene rings is 2. The van der Waals surface area contributed by atoms with Crippen LogP contribution in [0.25, 0.3) is 10.1 Å². The standard InChI is InChI=1S/C23H22O2S/c1-14-15(2)22-19(16(3)21(14)24)10-12-23(4,25-22)11-9-18-13-17-7-5-6-8-20(17)26-18/h5-8,13,24H,10,12H2,1-4H3. The quantitative estimate of drug-likeness (QED) is 0.522. The molecule has 4 rings (SSSR count). The summed E-state index contributed by atoms with van der Waals surface area (Å²) in [5, 5.41) is 11.5. The van der Waals surface area contributed by atoms with E-state index in [1.54, 1.807) is 11.3 Å². The minimum Gasteiger partial charge on any atom is -0.507 e. The highest BCUT2D eigenvalue weighted by Gasteiger charge is 2.33. The van der Waals surface area contributed by atoms with Crippen molar-refractivity contribution in [3.63, 3.8) is 0 Å². The molecular formula is C23H22O2S. The number of rotatable bonds is 0. The minimum absolute atomic E-state index is 0.393.